The predicted octanol–water partition coefficient (Wildman–Crippen LogP) is 2.20. The molecule has 0 spiro atoms. The molecular weight excluding hydrogens is 452 g/mol. The minimum Gasteiger partial charge on any atom is -0.353 e. The van der Waals surface area contributed by atoms with Crippen LogP contribution in [0, 0.1) is 0 Å². The number of amides is 4. The lowest BCUT2D eigenvalue weighted by Crippen LogP contribution is -2.47. The van der Waals surface area contributed by atoms with Gasteiger partial charge in [-0.2, -0.15) is 4.37 Å². The van der Waals surface area contributed by atoms with Gasteiger partial charge in [-0.25, -0.2) is 4.79 Å². The molecule has 1 atom stereocenters. The van der Waals surface area contributed by atoms with Crippen molar-refractivity contribution >= 4 is 51.0 Å². The Morgan fingerprint density at radius 3 is 2.56 bits per heavy atom. The van der Waals surface area contributed by atoms with Crippen LogP contribution < -0.4 is 20.9 Å². The van der Waals surface area contributed by atoms with Gasteiger partial charge in [-0.3, -0.25) is 19.8 Å². The SMILES string of the molecule is O=C(CC1NC(=O)NC1=O)Nc1ccc(CCN2CCN(c3nsc4ccccc34)CC2)cc1. The van der Waals surface area contributed by atoms with Gasteiger partial charge in [0.1, 0.15) is 11.9 Å². The van der Waals surface area contributed by atoms with E-state index in [1.165, 1.54) is 15.6 Å². The number of carbonyl (C=O) groups is 3. The van der Waals surface area contributed by atoms with Crippen LogP contribution in [-0.4, -0.2) is 65.9 Å². The predicted molar refractivity (Wildman–Crippen MR) is 132 cm³/mol. The third-order valence-electron chi connectivity index (χ3n) is 6.23. The number of piperazine rings is 1. The van der Waals surface area contributed by atoms with E-state index in [2.05, 4.69) is 54.4 Å². The molecule has 4 amide bonds. The van der Waals surface area contributed by atoms with Gasteiger partial charge in [-0.1, -0.05) is 24.3 Å². The number of urea groups is 1. The summed E-state index contributed by atoms with van der Waals surface area (Å²) < 4.78 is 5.91. The highest BCUT2D eigenvalue weighted by atomic mass is 32.1. The number of anilines is 2. The summed E-state index contributed by atoms with van der Waals surface area (Å²) in [4.78, 5) is 39.7. The monoisotopic (exact) mass is 478 g/mol. The molecule has 1 aromatic heterocycles. The lowest BCUT2D eigenvalue weighted by molar-refractivity contribution is -0.124. The Kier molecular flexibility index (Phi) is 6.41. The molecule has 0 radical (unpaired) electrons. The van der Waals surface area contributed by atoms with Crippen molar-refractivity contribution in [2.24, 2.45) is 0 Å². The number of imide groups is 1. The number of fused-ring (bicyclic) bond motifs is 1. The number of carbonyl (C=O) groups excluding carboxylic acids is 3. The fraction of sp³-hybridized carbons (Fsp3) is 0.333. The van der Waals surface area contributed by atoms with Gasteiger partial charge in [-0.05, 0) is 47.8 Å². The largest absolute Gasteiger partial charge is 0.353 e. The maximum Gasteiger partial charge on any atom is 0.322 e. The van der Waals surface area contributed by atoms with Crippen molar-refractivity contribution in [2.75, 3.05) is 42.9 Å². The molecule has 5 rings (SSSR count). The van der Waals surface area contributed by atoms with E-state index in [1.807, 2.05) is 24.3 Å². The van der Waals surface area contributed by atoms with Crippen molar-refractivity contribution in [1.29, 1.82) is 0 Å². The van der Waals surface area contributed by atoms with E-state index in [1.54, 1.807) is 11.5 Å². The molecule has 0 aliphatic carbocycles. The molecule has 10 heteroatoms. The van der Waals surface area contributed by atoms with E-state index in [4.69, 9.17) is 0 Å². The zero-order valence-corrected chi connectivity index (χ0v) is 19.4. The number of rotatable bonds is 7. The lowest BCUT2D eigenvalue weighted by atomic mass is 10.1. The second-order valence-corrected chi connectivity index (χ2v) is 9.35. The van der Waals surface area contributed by atoms with Crippen molar-refractivity contribution in [3.8, 4) is 0 Å². The van der Waals surface area contributed by atoms with Crippen molar-refractivity contribution < 1.29 is 14.4 Å². The second-order valence-electron chi connectivity index (χ2n) is 8.55. The smallest absolute Gasteiger partial charge is 0.322 e. The number of hydrogen-bond donors (Lipinski definition) is 3. The first-order valence-electron chi connectivity index (χ1n) is 11.4. The second kappa shape index (κ2) is 9.78. The average molecular weight is 479 g/mol. The Morgan fingerprint density at radius 1 is 1.06 bits per heavy atom. The van der Waals surface area contributed by atoms with E-state index in [-0.39, 0.29) is 12.3 Å². The van der Waals surface area contributed by atoms with Gasteiger partial charge < -0.3 is 15.5 Å². The van der Waals surface area contributed by atoms with Crippen LogP contribution in [0.25, 0.3) is 10.1 Å². The summed E-state index contributed by atoms with van der Waals surface area (Å²) in [6, 6.07) is 14.8. The third kappa shape index (κ3) is 5.02. The van der Waals surface area contributed by atoms with Crippen LogP contribution in [0.4, 0.5) is 16.3 Å². The first-order valence-corrected chi connectivity index (χ1v) is 12.1. The minimum atomic E-state index is -0.818. The molecule has 0 saturated carbocycles. The number of nitrogens with zero attached hydrogens (tertiary/aromatic N) is 3. The fourth-order valence-electron chi connectivity index (χ4n) is 4.33. The quantitative estimate of drug-likeness (QED) is 0.450. The molecule has 2 fully saturated rings. The lowest BCUT2D eigenvalue weighted by Gasteiger charge is -2.35. The Bertz CT molecular complexity index is 1200. The summed E-state index contributed by atoms with van der Waals surface area (Å²) in [5.41, 5.74) is 1.87. The van der Waals surface area contributed by atoms with E-state index < -0.39 is 18.0 Å². The van der Waals surface area contributed by atoms with Crippen molar-refractivity contribution in [2.45, 2.75) is 18.9 Å². The fourth-order valence-corrected chi connectivity index (χ4v) is 5.12. The summed E-state index contributed by atoms with van der Waals surface area (Å²) in [5.74, 6) is 0.311. The van der Waals surface area contributed by atoms with Crippen molar-refractivity contribution in [3.63, 3.8) is 0 Å². The van der Waals surface area contributed by atoms with Crippen LogP contribution in [0.2, 0.25) is 0 Å². The summed E-state index contributed by atoms with van der Waals surface area (Å²) >= 11 is 1.56. The summed E-state index contributed by atoms with van der Waals surface area (Å²) in [5, 5.41) is 8.56. The molecule has 176 valence electrons. The normalized spacial score (nSPS) is 18.7. The molecule has 3 N–H and O–H groups in total. The molecule has 3 heterocycles. The molecular formula is C24H26N6O3S. The maximum atomic E-state index is 12.2. The third-order valence-corrected chi connectivity index (χ3v) is 7.05. The van der Waals surface area contributed by atoms with E-state index in [0.29, 0.717) is 5.69 Å². The molecule has 3 aromatic rings. The number of aromatic nitrogens is 1. The van der Waals surface area contributed by atoms with Gasteiger partial charge in [0.25, 0.3) is 5.91 Å². The molecule has 2 saturated heterocycles. The van der Waals surface area contributed by atoms with Gasteiger partial charge in [-0.15, -0.1) is 0 Å². The Morgan fingerprint density at radius 2 is 1.82 bits per heavy atom. The van der Waals surface area contributed by atoms with Crippen LogP contribution >= 0.6 is 11.5 Å². The highest BCUT2D eigenvalue weighted by Gasteiger charge is 2.31. The first-order chi connectivity index (χ1) is 16.5. The van der Waals surface area contributed by atoms with Gasteiger partial charge >= 0.3 is 6.03 Å². The highest BCUT2D eigenvalue weighted by molar-refractivity contribution is 7.13. The van der Waals surface area contributed by atoms with Crippen LogP contribution in [0.3, 0.4) is 0 Å². The van der Waals surface area contributed by atoms with E-state index in [9.17, 15) is 14.4 Å². The molecule has 1 unspecified atom stereocenters. The van der Waals surface area contributed by atoms with E-state index in [0.717, 1.165) is 45.0 Å². The summed E-state index contributed by atoms with van der Waals surface area (Å²) in [6.45, 7) is 4.93. The zero-order valence-electron chi connectivity index (χ0n) is 18.6. The Labute approximate surface area is 201 Å². The molecule has 34 heavy (non-hydrogen) atoms. The number of hydrogen-bond acceptors (Lipinski definition) is 7. The van der Waals surface area contributed by atoms with Gasteiger partial charge in [0.05, 0.1) is 11.1 Å². The Hall–Kier alpha value is -3.50. The van der Waals surface area contributed by atoms with Crippen LogP contribution in [-0.2, 0) is 16.0 Å². The van der Waals surface area contributed by atoms with Crippen molar-refractivity contribution in [1.82, 2.24) is 19.9 Å². The molecule has 2 aliphatic rings. The minimum absolute atomic E-state index is 0.0952. The summed E-state index contributed by atoms with van der Waals surface area (Å²) in [6.07, 6.45) is 0.837. The summed E-state index contributed by atoms with van der Waals surface area (Å²) in [7, 11) is 0. The standard InChI is InChI=1S/C24H26N6O3S/c31-21(15-19-23(32)27-24(33)26-19)25-17-7-5-16(6-8-17)9-10-29-11-13-30(14-12-29)22-18-3-1-2-4-20(18)34-28-22/h1-8,19H,9-15H2,(H,25,31)(H2,26,27,32,33). The van der Waals surface area contributed by atoms with Crippen LogP contribution in [0.5, 0.6) is 0 Å². The zero-order chi connectivity index (χ0) is 23.5. The molecule has 2 aromatic carbocycles. The molecule has 2 aliphatic heterocycles. The van der Waals surface area contributed by atoms with Crippen LogP contribution in [0.15, 0.2) is 48.5 Å². The number of benzene rings is 2. The van der Waals surface area contributed by atoms with E-state index >= 15 is 0 Å². The topological polar surface area (TPSA) is 107 Å². The highest BCUT2D eigenvalue weighted by Crippen LogP contribution is 2.29. The van der Waals surface area contributed by atoms with Gasteiger partial charge in [0, 0.05) is 43.8 Å². The van der Waals surface area contributed by atoms with Gasteiger partial charge in [0.2, 0.25) is 5.91 Å². The van der Waals surface area contributed by atoms with Gasteiger partial charge in [0.15, 0.2) is 0 Å². The van der Waals surface area contributed by atoms with Crippen LogP contribution in [0.1, 0.15) is 12.0 Å². The molecule has 9 nitrogen and oxygen atoms in total. The number of nitrogens with one attached hydrogen (secondary N) is 3. The Balaban J connectivity index is 1.07. The van der Waals surface area contributed by atoms with Crippen molar-refractivity contribution in [3.05, 3.63) is 54.1 Å². The maximum absolute atomic E-state index is 12.2. The molecule has 0 bridgehead atoms. The first kappa shape index (κ1) is 22.3. The average Bonchev–Trinajstić information content (AvgIpc) is 3.41.